The summed E-state index contributed by atoms with van der Waals surface area (Å²) in [4.78, 5) is 0. The second kappa shape index (κ2) is 15.0. The summed E-state index contributed by atoms with van der Waals surface area (Å²) in [6, 6.07) is 66.0. The molecule has 4 heteroatoms. The molecule has 2 aliphatic heterocycles. The highest BCUT2D eigenvalue weighted by molar-refractivity contribution is 7.00. The number of fused-ring (bicyclic) bond motifs is 17. The molecule has 5 heterocycles. The Labute approximate surface area is 446 Å². The lowest BCUT2D eigenvalue weighted by Crippen LogP contribution is -2.59. The minimum atomic E-state index is -0.126. The van der Waals surface area contributed by atoms with Gasteiger partial charge in [-0.1, -0.05) is 198 Å². The smallest absolute Gasteiger partial charge is 0.252 e. The molecule has 0 fully saturated rings. The number of para-hydroxylation sites is 2. The number of hydrogen-bond acceptors (Lipinski definition) is 0. The highest BCUT2D eigenvalue weighted by Gasteiger charge is 2.44. The maximum absolute atomic E-state index is 2.74. The fraction of sp³-hybridized carbons (Fsp3) is 0.222. The largest absolute Gasteiger partial charge is 0.310 e. The molecule has 0 aliphatic carbocycles. The van der Waals surface area contributed by atoms with E-state index in [4.69, 9.17) is 0 Å². The van der Waals surface area contributed by atoms with E-state index < -0.39 is 0 Å². The van der Waals surface area contributed by atoms with Crippen molar-refractivity contribution in [1.82, 2.24) is 13.7 Å². The molecule has 0 bridgehead atoms. The zero-order valence-corrected chi connectivity index (χ0v) is 46.1. The standard InChI is InChI=1S/C72H64BN3/c1-69(2,3)45-37-52(71(7,8)9)64-58(39-45)75-60-35-44(41-30-31-57-51(32-41)50-28-20-21-29-56(50)74(57)47-24-14-13-15-25-47)36-61-66(60)73(54-33-42-22-16-18-26-48(42)62(64)67(54)75)55-34-43-23-17-19-27-49(43)63-65-53(72(10,11)12)38-46(70(4,5)6)40-59(65)76(61)68(55)63/h13-40H,1-12H3. The van der Waals surface area contributed by atoms with Gasteiger partial charge >= 0.3 is 0 Å². The van der Waals surface area contributed by atoms with Crippen LogP contribution in [0.1, 0.15) is 105 Å². The topological polar surface area (TPSA) is 14.8 Å². The van der Waals surface area contributed by atoms with Gasteiger partial charge in [0.05, 0.1) is 33.1 Å². The normalized spacial score (nSPS) is 13.8. The van der Waals surface area contributed by atoms with E-state index >= 15 is 0 Å². The summed E-state index contributed by atoms with van der Waals surface area (Å²) in [5.41, 5.74) is 23.1. The van der Waals surface area contributed by atoms with E-state index in [2.05, 4.69) is 267 Å². The first kappa shape index (κ1) is 45.6. The van der Waals surface area contributed by atoms with Crippen LogP contribution in [0, 0.1) is 0 Å². The van der Waals surface area contributed by atoms with Crippen molar-refractivity contribution < 1.29 is 0 Å². The van der Waals surface area contributed by atoms with E-state index in [0.717, 1.165) is 0 Å². The Morgan fingerprint density at radius 2 is 0.789 bits per heavy atom. The third-order valence-electron chi connectivity index (χ3n) is 17.7. The van der Waals surface area contributed by atoms with Crippen LogP contribution in [-0.4, -0.2) is 20.4 Å². The van der Waals surface area contributed by atoms with Gasteiger partial charge in [0.2, 0.25) is 0 Å². The van der Waals surface area contributed by atoms with Crippen LogP contribution in [0.3, 0.4) is 0 Å². The molecule has 3 aromatic heterocycles. The minimum Gasteiger partial charge on any atom is -0.310 e. The second-order valence-electron chi connectivity index (χ2n) is 26.6. The molecule has 0 N–H and O–H groups in total. The molecular formula is C72H64BN3. The third kappa shape index (κ3) is 6.13. The monoisotopic (exact) mass is 982 g/mol. The first-order valence-corrected chi connectivity index (χ1v) is 27.6. The second-order valence-corrected chi connectivity index (χ2v) is 26.6. The zero-order valence-electron chi connectivity index (χ0n) is 46.1. The molecule has 3 nitrogen and oxygen atoms in total. The zero-order chi connectivity index (χ0) is 52.3. The van der Waals surface area contributed by atoms with Crippen LogP contribution in [-0.2, 0) is 21.7 Å². The van der Waals surface area contributed by atoms with Crippen LogP contribution in [0.15, 0.2) is 170 Å². The molecule has 0 atom stereocenters. The number of nitrogens with zero attached hydrogens (tertiary/aromatic N) is 3. The molecule has 2 aliphatic rings. The van der Waals surface area contributed by atoms with Crippen molar-refractivity contribution in [2.24, 2.45) is 0 Å². The van der Waals surface area contributed by atoms with E-state index in [-0.39, 0.29) is 28.4 Å². The molecule has 0 spiro atoms. The molecule has 0 unspecified atom stereocenters. The van der Waals surface area contributed by atoms with Gasteiger partial charge in [-0.2, -0.15) is 0 Å². The molecule has 15 rings (SSSR count). The Kier molecular flexibility index (Phi) is 8.98. The van der Waals surface area contributed by atoms with Crippen molar-refractivity contribution in [2.45, 2.75) is 105 Å². The van der Waals surface area contributed by atoms with Crippen molar-refractivity contribution in [3.8, 4) is 28.2 Å². The summed E-state index contributed by atoms with van der Waals surface area (Å²) in [7, 11) is 0. The van der Waals surface area contributed by atoms with Crippen LogP contribution >= 0.6 is 0 Å². The molecule has 0 radical (unpaired) electrons. The van der Waals surface area contributed by atoms with Crippen LogP contribution in [0.2, 0.25) is 0 Å². The molecule has 13 aromatic rings. The molecule has 10 aromatic carbocycles. The van der Waals surface area contributed by atoms with Crippen LogP contribution in [0.4, 0.5) is 0 Å². The Balaban J connectivity index is 1.18. The van der Waals surface area contributed by atoms with Crippen LogP contribution in [0.25, 0.3) is 115 Å². The lowest BCUT2D eigenvalue weighted by Gasteiger charge is -2.35. The molecule has 0 saturated carbocycles. The summed E-state index contributed by atoms with van der Waals surface area (Å²) in [6.07, 6.45) is 0. The van der Waals surface area contributed by atoms with Crippen molar-refractivity contribution in [1.29, 1.82) is 0 Å². The van der Waals surface area contributed by atoms with Crippen LogP contribution in [0.5, 0.6) is 0 Å². The van der Waals surface area contributed by atoms with Gasteiger partial charge in [0.15, 0.2) is 0 Å². The van der Waals surface area contributed by atoms with Gasteiger partial charge in [-0.25, -0.2) is 0 Å². The maximum Gasteiger partial charge on any atom is 0.252 e. The van der Waals surface area contributed by atoms with E-state index in [1.165, 1.54) is 154 Å². The van der Waals surface area contributed by atoms with Crippen LogP contribution < -0.4 is 16.4 Å². The first-order chi connectivity index (χ1) is 36.3. The quantitative estimate of drug-likeness (QED) is 0.153. The minimum absolute atomic E-state index is 0.0291. The summed E-state index contributed by atoms with van der Waals surface area (Å²) in [5.74, 6) is 0. The lowest BCUT2D eigenvalue weighted by atomic mass is 9.34. The Bertz CT molecular complexity index is 4500. The summed E-state index contributed by atoms with van der Waals surface area (Å²) >= 11 is 0. The van der Waals surface area contributed by atoms with Gasteiger partial charge in [-0.05, 0) is 148 Å². The van der Waals surface area contributed by atoms with Crippen molar-refractivity contribution in [3.05, 3.63) is 192 Å². The molecule has 76 heavy (non-hydrogen) atoms. The lowest BCUT2D eigenvalue weighted by molar-refractivity contribution is 0.572. The van der Waals surface area contributed by atoms with Gasteiger partial charge in [0.1, 0.15) is 0 Å². The number of hydrogen-bond donors (Lipinski definition) is 0. The SMILES string of the molecule is CC(C)(C)c1cc(C(C)(C)C)c2c3c4ccccc4cc4c3n(c2c1)-c1cc(-c2ccc3c(c2)c2ccccc2n3-c2ccccc2)cc2c1B4c1cc3ccccc3c3c4c(C(C)(C)C)cc(C(C)(C)C)cc4n-2c13. The first-order valence-electron chi connectivity index (χ1n) is 27.6. The van der Waals surface area contributed by atoms with Crippen molar-refractivity contribution >= 4 is 110 Å². The van der Waals surface area contributed by atoms with E-state index in [1.807, 2.05) is 0 Å². The van der Waals surface area contributed by atoms with Crippen molar-refractivity contribution in [3.63, 3.8) is 0 Å². The fourth-order valence-electron chi connectivity index (χ4n) is 14.0. The molecule has 0 saturated heterocycles. The highest BCUT2D eigenvalue weighted by Crippen LogP contribution is 2.49. The van der Waals surface area contributed by atoms with Crippen molar-refractivity contribution in [2.75, 3.05) is 0 Å². The van der Waals surface area contributed by atoms with Gasteiger partial charge in [0, 0.05) is 49.4 Å². The average molecular weight is 982 g/mol. The summed E-state index contributed by atoms with van der Waals surface area (Å²) in [5, 5.41) is 13.2. The van der Waals surface area contributed by atoms with E-state index in [1.54, 1.807) is 0 Å². The predicted molar refractivity (Wildman–Crippen MR) is 329 cm³/mol. The molecular weight excluding hydrogens is 918 g/mol. The average Bonchev–Trinajstić information content (AvgIpc) is 4.11. The Hall–Kier alpha value is -7.82. The summed E-state index contributed by atoms with van der Waals surface area (Å²) in [6.45, 7) is 28.7. The third-order valence-corrected chi connectivity index (χ3v) is 17.7. The molecule has 370 valence electrons. The fourth-order valence-corrected chi connectivity index (χ4v) is 14.0. The van der Waals surface area contributed by atoms with Gasteiger partial charge in [-0.3, -0.25) is 0 Å². The number of rotatable bonds is 2. The predicted octanol–water partition coefficient (Wildman–Crippen LogP) is 17.3. The maximum atomic E-state index is 2.74. The Morgan fingerprint density at radius 3 is 1.29 bits per heavy atom. The number of benzene rings is 10. The molecule has 0 amide bonds. The Morgan fingerprint density at radius 1 is 0.329 bits per heavy atom. The number of aromatic nitrogens is 3. The van der Waals surface area contributed by atoms with Gasteiger partial charge < -0.3 is 13.7 Å². The van der Waals surface area contributed by atoms with Gasteiger partial charge in [-0.15, -0.1) is 0 Å². The van der Waals surface area contributed by atoms with Gasteiger partial charge in [0.25, 0.3) is 6.71 Å². The van der Waals surface area contributed by atoms with E-state index in [0.29, 0.717) is 0 Å². The summed E-state index contributed by atoms with van der Waals surface area (Å²) < 4.78 is 7.92. The van der Waals surface area contributed by atoms with E-state index in [9.17, 15) is 0 Å². The highest BCUT2D eigenvalue weighted by atomic mass is 15.0.